The molecule has 3 rings (SSSR count). The molecule has 0 radical (unpaired) electrons. The van der Waals surface area contributed by atoms with Gasteiger partial charge in [-0.1, -0.05) is 17.3 Å². The summed E-state index contributed by atoms with van der Waals surface area (Å²) < 4.78 is 33.0. The van der Waals surface area contributed by atoms with Crippen molar-refractivity contribution in [1.82, 2.24) is 19.7 Å². The molecule has 0 saturated heterocycles. The maximum absolute atomic E-state index is 12.3. The quantitative estimate of drug-likeness (QED) is 0.745. The van der Waals surface area contributed by atoms with Gasteiger partial charge in [-0.2, -0.15) is 9.78 Å². The Morgan fingerprint density at radius 2 is 1.85 bits per heavy atom. The Labute approximate surface area is 150 Å². The molecule has 0 aliphatic heterocycles. The molecule has 0 amide bonds. The fourth-order valence-electron chi connectivity index (χ4n) is 2.66. The Morgan fingerprint density at radius 3 is 2.46 bits per heavy atom. The summed E-state index contributed by atoms with van der Waals surface area (Å²) in [7, 11) is -2.25. The molecule has 3 aromatic rings. The van der Waals surface area contributed by atoms with Crippen LogP contribution in [0.4, 0.5) is 0 Å². The maximum Gasteiger partial charge on any atom is 0.271 e. The number of aromatic nitrogens is 3. The molecule has 9 heteroatoms. The van der Waals surface area contributed by atoms with Crippen molar-refractivity contribution in [2.45, 2.75) is 25.7 Å². The van der Waals surface area contributed by atoms with Crippen molar-refractivity contribution in [2.24, 2.45) is 0 Å². The molecular formula is C17H18N4O4S. The third kappa shape index (κ3) is 3.06. The molecule has 2 heterocycles. The Balaban J connectivity index is 2.20. The van der Waals surface area contributed by atoms with Crippen LogP contribution in [0.25, 0.3) is 16.9 Å². The third-order valence-corrected chi connectivity index (χ3v) is 5.61. The van der Waals surface area contributed by atoms with Gasteiger partial charge in [0.25, 0.3) is 5.56 Å². The van der Waals surface area contributed by atoms with Gasteiger partial charge in [0.1, 0.15) is 11.4 Å². The highest BCUT2D eigenvalue weighted by Gasteiger charge is 2.18. The Hall–Kier alpha value is -2.78. The largest absolute Gasteiger partial charge is 0.359 e. The zero-order valence-electron chi connectivity index (χ0n) is 14.8. The SMILES string of the molecule is CNS(=O)(=O)c1cc(-c2ccc(=O)n(-c3c(C)noc3C)n2)ccc1C. The molecule has 0 unspecified atom stereocenters. The smallest absolute Gasteiger partial charge is 0.271 e. The Morgan fingerprint density at radius 1 is 1.12 bits per heavy atom. The fourth-order valence-corrected chi connectivity index (χ4v) is 3.66. The summed E-state index contributed by atoms with van der Waals surface area (Å²) in [5, 5.41) is 8.22. The summed E-state index contributed by atoms with van der Waals surface area (Å²) >= 11 is 0. The van der Waals surface area contributed by atoms with E-state index in [4.69, 9.17) is 4.52 Å². The summed E-state index contributed by atoms with van der Waals surface area (Å²) in [5.41, 5.74) is 2.33. The van der Waals surface area contributed by atoms with E-state index >= 15 is 0 Å². The highest BCUT2D eigenvalue weighted by Crippen LogP contribution is 2.24. The van der Waals surface area contributed by atoms with Gasteiger partial charge >= 0.3 is 0 Å². The topological polar surface area (TPSA) is 107 Å². The summed E-state index contributed by atoms with van der Waals surface area (Å²) in [5.74, 6) is 0.469. The lowest BCUT2D eigenvalue weighted by Gasteiger charge is -2.10. The minimum Gasteiger partial charge on any atom is -0.359 e. The predicted molar refractivity (Wildman–Crippen MR) is 95.8 cm³/mol. The van der Waals surface area contributed by atoms with Crippen molar-refractivity contribution < 1.29 is 12.9 Å². The van der Waals surface area contributed by atoms with Gasteiger partial charge < -0.3 is 4.52 Å². The first-order valence-electron chi connectivity index (χ1n) is 7.83. The van der Waals surface area contributed by atoms with E-state index in [2.05, 4.69) is 15.0 Å². The second-order valence-electron chi connectivity index (χ2n) is 5.83. The lowest BCUT2D eigenvalue weighted by Crippen LogP contribution is -2.22. The zero-order chi connectivity index (χ0) is 19.1. The number of aryl methyl sites for hydroxylation is 3. The van der Waals surface area contributed by atoms with E-state index < -0.39 is 10.0 Å². The number of hydrogen-bond donors (Lipinski definition) is 1. The molecule has 2 aromatic heterocycles. The van der Waals surface area contributed by atoms with Crippen LogP contribution in [0.1, 0.15) is 17.0 Å². The van der Waals surface area contributed by atoms with Gasteiger partial charge in [-0.25, -0.2) is 13.1 Å². The van der Waals surface area contributed by atoms with Gasteiger partial charge in [-0.05, 0) is 45.5 Å². The predicted octanol–water partition coefficient (Wildman–Crippen LogP) is 1.72. The zero-order valence-corrected chi connectivity index (χ0v) is 15.6. The minimum absolute atomic E-state index is 0.161. The molecule has 0 spiro atoms. The highest BCUT2D eigenvalue weighted by atomic mass is 32.2. The van der Waals surface area contributed by atoms with E-state index in [-0.39, 0.29) is 10.5 Å². The first-order valence-corrected chi connectivity index (χ1v) is 9.31. The second kappa shape index (κ2) is 6.50. The van der Waals surface area contributed by atoms with E-state index in [0.29, 0.717) is 34.0 Å². The molecule has 1 aromatic carbocycles. The molecule has 0 aliphatic rings. The van der Waals surface area contributed by atoms with Gasteiger partial charge in [-0.15, -0.1) is 0 Å². The van der Waals surface area contributed by atoms with Crippen molar-refractivity contribution >= 4 is 10.0 Å². The van der Waals surface area contributed by atoms with Gasteiger partial charge in [0.15, 0.2) is 5.76 Å². The molecule has 0 atom stereocenters. The van der Waals surface area contributed by atoms with Gasteiger partial charge in [0.2, 0.25) is 10.0 Å². The molecule has 136 valence electrons. The van der Waals surface area contributed by atoms with Gasteiger partial charge in [0.05, 0.1) is 10.6 Å². The second-order valence-corrected chi connectivity index (χ2v) is 7.68. The van der Waals surface area contributed by atoms with Crippen LogP contribution in [-0.2, 0) is 10.0 Å². The maximum atomic E-state index is 12.3. The molecule has 26 heavy (non-hydrogen) atoms. The third-order valence-electron chi connectivity index (χ3n) is 4.05. The summed E-state index contributed by atoms with van der Waals surface area (Å²) in [6, 6.07) is 7.92. The molecule has 0 aliphatic carbocycles. The van der Waals surface area contributed by atoms with Crippen LogP contribution in [-0.4, -0.2) is 30.4 Å². The minimum atomic E-state index is -3.61. The Kier molecular flexibility index (Phi) is 4.51. The van der Waals surface area contributed by atoms with Gasteiger partial charge in [0, 0.05) is 11.6 Å². The van der Waals surface area contributed by atoms with Crippen molar-refractivity contribution in [3.05, 3.63) is 57.7 Å². The van der Waals surface area contributed by atoms with E-state index in [1.54, 1.807) is 39.0 Å². The lowest BCUT2D eigenvalue weighted by molar-refractivity contribution is 0.392. The molecule has 8 nitrogen and oxygen atoms in total. The lowest BCUT2D eigenvalue weighted by atomic mass is 10.1. The normalized spacial score (nSPS) is 11.7. The number of hydrogen-bond acceptors (Lipinski definition) is 6. The number of nitrogens with one attached hydrogen (secondary N) is 1. The van der Waals surface area contributed by atoms with Crippen molar-refractivity contribution in [2.75, 3.05) is 7.05 Å². The van der Waals surface area contributed by atoms with Crippen molar-refractivity contribution in [1.29, 1.82) is 0 Å². The molecule has 0 saturated carbocycles. The average Bonchev–Trinajstić information content (AvgIpc) is 2.94. The summed E-state index contributed by atoms with van der Waals surface area (Å²) in [4.78, 5) is 12.4. The number of rotatable bonds is 4. The molecule has 0 fully saturated rings. The van der Waals surface area contributed by atoms with E-state index in [0.717, 1.165) is 0 Å². The number of benzene rings is 1. The highest BCUT2D eigenvalue weighted by molar-refractivity contribution is 7.89. The number of nitrogens with zero attached hydrogens (tertiary/aromatic N) is 3. The van der Waals surface area contributed by atoms with Crippen LogP contribution in [0.15, 0.2) is 44.5 Å². The standard InChI is InChI=1S/C17H18N4O4S/c1-10-5-6-13(9-15(10)26(23,24)18-4)14-7-8-16(22)21(19-14)17-11(2)20-25-12(17)3/h5-9,18H,1-4H3. The molecule has 0 bridgehead atoms. The van der Waals surface area contributed by atoms with E-state index in [1.807, 2.05) is 0 Å². The summed E-state index contributed by atoms with van der Waals surface area (Å²) in [6.07, 6.45) is 0. The monoisotopic (exact) mass is 374 g/mol. The van der Waals surface area contributed by atoms with Crippen LogP contribution >= 0.6 is 0 Å². The van der Waals surface area contributed by atoms with Crippen molar-refractivity contribution in [3.8, 4) is 16.9 Å². The van der Waals surface area contributed by atoms with E-state index in [1.165, 1.54) is 23.9 Å². The van der Waals surface area contributed by atoms with Gasteiger partial charge in [-0.3, -0.25) is 4.79 Å². The van der Waals surface area contributed by atoms with Crippen LogP contribution in [0.3, 0.4) is 0 Å². The number of sulfonamides is 1. The fraction of sp³-hybridized carbons (Fsp3) is 0.235. The van der Waals surface area contributed by atoms with Crippen molar-refractivity contribution in [3.63, 3.8) is 0 Å². The summed E-state index contributed by atoms with van der Waals surface area (Å²) in [6.45, 7) is 5.13. The van der Waals surface area contributed by atoms with Crippen LogP contribution in [0, 0.1) is 20.8 Å². The first-order chi connectivity index (χ1) is 12.2. The first kappa shape index (κ1) is 18.0. The Bertz CT molecular complexity index is 1130. The van der Waals surface area contributed by atoms with Crippen LogP contribution < -0.4 is 10.3 Å². The molecular weight excluding hydrogens is 356 g/mol. The van der Waals surface area contributed by atoms with E-state index in [9.17, 15) is 13.2 Å². The average molecular weight is 374 g/mol. The molecule has 1 N–H and O–H groups in total. The van der Waals surface area contributed by atoms with Crippen LogP contribution in [0.2, 0.25) is 0 Å². The van der Waals surface area contributed by atoms with Crippen LogP contribution in [0.5, 0.6) is 0 Å².